The summed E-state index contributed by atoms with van der Waals surface area (Å²) in [5.41, 5.74) is 0.820. The maximum atomic E-state index is 10.6. The van der Waals surface area contributed by atoms with Gasteiger partial charge in [0.1, 0.15) is 11.5 Å². The molecule has 0 aliphatic carbocycles. The Morgan fingerprint density at radius 1 is 0.656 bits per heavy atom. The van der Waals surface area contributed by atoms with Gasteiger partial charge in [0.25, 0.3) is 0 Å². The first-order valence-corrected chi connectivity index (χ1v) is 14.2. The molecule has 32 heavy (non-hydrogen) atoms. The van der Waals surface area contributed by atoms with Crippen molar-refractivity contribution in [1.29, 1.82) is 0 Å². The van der Waals surface area contributed by atoms with Gasteiger partial charge in [0.05, 0.1) is 4.90 Å². The molecule has 0 aliphatic heterocycles. The lowest BCUT2D eigenvalue weighted by atomic mass is 9.72. The van der Waals surface area contributed by atoms with E-state index in [1.54, 1.807) is 23.9 Å². The van der Waals surface area contributed by atoms with E-state index in [1.807, 2.05) is 0 Å². The smallest absolute Gasteiger partial charge is 0.129 e. The Bertz CT molecular complexity index is 631. The number of phenolic OH excluding ortho intramolecular Hbond substituents is 2. The Hall–Kier alpha value is -0.830. The average Bonchev–Trinajstić information content (AvgIpc) is 2.68. The van der Waals surface area contributed by atoms with Crippen molar-refractivity contribution in [1.82, 2.24) is 0 Å². The third kappa shape index (κ3) is 12.4. The first-order chi connectivity index (χ1) is 15.1. The van der Waals surface area contributed by atoms with E-state index in [4.69, 9.17) is 0 Å². The van der Waals surface area contributed by atoms with Crippen LogP contribution in [0.2, 0.25) is 0 Å². The van der Waals surface area contributed by atoms with Crippen molar-refractivity contribution >= 4 is 11.8 Å². The molecule has 2 nitrogen and oxygen atoms in total. The second-order valence-corrected chi connectivity index (χ2v) is 12.7. The molecule has 1 aromatic carbocycles. The topological polar surface area (TPSA) is 40.5 Å². The summed E-state index contributed by atoms with van der Waals surface area (Å²) in [6.45, 7) is 13.2. The quantitative estimate of drug-likeness (QED) is 0.137. The highest BCUT2D eigenvalue weighted by molar-refractivity contribution is 7.99. The fourth-order valence-electron chi connectivity index (χ4n) is 4.94. The van der Waals surface area contributed by atoms with Crippen LogP contribution in [0.5, 0.6) is 11.5 Å². The van der Waals surface area contributed by atoms with Crippen LogP contribution >= 0.6 is 11.8 Å². The first-order valence-electron chi connectivity index (χ1n) is 13.3. The lowest BCUT2D eigenvalue weighted by Gasteiger charge is -2.33. The summed E-state index contributed by atoms with van der Waals surface area (Å²) in [5, 5.41) is 21.2. The van der Waals surface area contributed by atoms with Gasteiger partial charge >= 0.3 is 0 Å². The number of phenols is 2. The Morgan fingerprint density at radius 2 is 1.12 bits per heavy atom. The lowest BCUT2D eigenvalue weighted by Crippen LogP contribution is -2.24. The monoisotopic (exact) mass is 464 g/mol. The van der Waals surface area contributed by atoms with E-state index in [0.29, 0.717) is 11.5 Å². The van der Waals surface area contributed by atoms with Crippen LogP contribution in [0.25, 0.3) is 0 Å². The zero-order valence-corrected chi connectivity index (χ0v) is 22.9. The number of benzene rings is 1. The summed E-state index contributed by atoms with van der Waals surface area (Å²) in [6, 6.07) is 3.55. The fourth-order valence-corrected chi connectivity index (χ4v) is 5.91. The van der Waals surface area contributed by atoms with Crippen LogP contribution in [0.3, 0.4) is 0 Å². The van der Waals surface area contributed by atoms with E-state index < -0.39 is 0 Å². The van der Waals surface area contributed by atoms with Crippen LogP contribution in [0.15, 0.2) is 17.0 Å². The van der Waals surface area contributed by atoms with Gasteiger partial charge in [-0.15, -0.1) is 11.8 Å². The Kier molecular flexibility index (Phi) is 13.8. The molecule has 0 unspecified atom stereocenters. The summed E-state index contributed by atoms with van der Waals surface area (Å²) in [6.07, 6.45) is 18.6. The summed E-state index contributed by atoms with van der Waals surface area (Å²) in [5.74, 6) is 1.61. The molecule has 1 aromatic rings. The van der Waals surface area contributed by atoms with E-state index in [0.717, 1.165) is 22.6 Å². The highest BCUT2D eigenvalue weighted by atomic mass is 32.2. The fraction of sp³-hybridized carbons (Fsp3) is 0.793. The standard InChI is InChI=1S/C29H52O2S/c1-7-8-9-10-11-12-13-14-15-16-17-18-19-20-32-27-22-25(30)24(21-26(27)31)29(5,6)23-28(2,3)4/h21-22,30-31H,7-20,23H2,1-6H3. The third-order valence-corrected chi connectivity index (χ3v) is 7.41. The molecule has 2 N–H and O–H groups in total. The molecule has 0 radical (unpaired) electrons. The highest BCUT2D eigenvalue weighted by Crippen LogP contribution is 2.44. The largest absolute Gasteiger partial charge is 0.508 e. The molecule has 0 amide bonds. The highest BCUT2D eigenvalue weighted by Gasteiger charge is 2.30. The number of hydrogen-bond acceptors (Lipinski definition) is 3. The van der Waals surface area contributed by atoms with Gasteiger partial charge in [-0.1, -0.05) is 119 Å². The van der Waals surface area contributed by atoms with Crippen molar-refractivity contribution in [2.75, 3.05) is 5.75 Å². The normalized spacial score (nSPS) is 12.4. The van der Waals surface area contributed by atoms with E-state index in [-0.39, 0.29) is 10.8 Å². The van der Waals surface area contributed by atoms with E-state index in [2.05, 4.69) is 41.5 Å². The molecule has 0 aromatic heterocycles. The number of thioether (sulfide) groups is 1. The second-order valence-electron chi connectivity index (χ2n) is 11.5. The van der Waals surface area contributed by atoms with Gasteiger partial charge in [-0.2, -0.15) is 0 Å². The van der Waals surface area contributed by atoms with Gasteiger partial charge in [-0.05, 0) is 41.6 Å². The number of aromatic hydroxyl groups is 2. The van der Waals surface area contributed by atoms with E-state index >= 15 is 0 Å². The van der Waals surface area contributed by atoms with Crippen molar-refractivity contribution in [3.63, 3.8) is 0 Å². The molecule has 0 fully saturated rings. The molecule has 0 atom stereocenters. The molecule has 0 saturated heterocycles. The minimum Gasteiger partial charge on any atom is -0.508 e. The van der Waals surface area contributed by atoms with Crippen LogP contribution in [0.4, 0.5) is 0 Å². The van der Waals surface area contributed by atoms with Gasteiger partial charge < -0.3 is 10.2 Å². The molecule has 3 heteroatoms. The number of hydrogen-bond donors (Lipinski definition) is 2. The van der Waals surface area contributed by atoms with Crippen LogP contribution in [-0.2, 0) is 5.41 Å². The first kappa shape index (κ1) is 29.2. The maximum absolute atomic E-state index is 10.6. The van der Waals surface area contributed by atoms with Gasteiger partial charge in [0.15, 0.2) is 0 Å². The average molecular weight is 465 g/mol. The Labute approximate surface area is 204 Å². The number of rotatable bonds is 17. The third-order valence-electron chi connectivity index (χ3n) is 6.28. The summed E-state index contributed by atoms with van der Waals surface area (Å²) >= 11 is 1.67. The summed E-state index contributed by atoms with van der Waals surface area (Å²) in [7, 11) is 0. The van der Waals surface area contributed by atoms with Crippen LogP contribution in [0, 0.1) is 5.41 Å². The van der Waals surface area contributed by atoms with Crippen molar-refractivity contribution in [3.05, 3.63) is 17.7 Å². The summed E-state index contributed by atoms with van der Waals surface area (Å²) < 4.78 is 0. The Balaban J connectivity index is 2.23. The summed E-state index contributed by atoms with van der Waals surface area (Å²) in [4.78, 5) is 0.803. The zero-order chi connectivity index (χ0) is 24.0. The van der Waals surface area contributed by atoms with Crippen molar-refractivity contribution in [2.45, 2.75) is 142 Å². The van der Waals surface area contributed by atoms with Crippen LogP contribution in [0.1, 0.15) is 137 Å². The minimum absolute atomic E-state index is 0.160. The minimum atomic E-state index is -0.182. The molecule has 1 rings (SSSR count). The van der Waals surface area contributed by atoms with Crippen LogP contribution < -0.4 is 0 Å². The van der Waals surface area contributed by atoms with Crippen molar-refractivity contribution in [3.8, 4) is 11.5 Å². The van der Waals surface area contributed by atoms with Gasteiger partial charge in [0, 0.05) is 5.56 Å². The molecule has 186 valence electrons. The molecule has 0 bridgehead atoms. The zero-order valence-electron chi connectivity index (χ0n) is 22.1. The predicted molar refractivity (Wildman–Crippen MR) is 143 cm³/mol. The predicted octanol–water partition coefficient (Wildman–Crippen LogP) is 9.99. The number of unbranched alkanes of at least 4 members (excludes halogenated alkanes) is 12. The molecule has 0 saturated carbocycles. The molecule has 0 aliphatic rings. The molecule has 0 spiro atoms. The van der Waals surface area contributed by atoms with Gasteiger partial charge in [0.2, 0.25) is 0 Å². The van der Waals surface area contributed by atoms with Gasteiger partial charge in [-0.3, -0.25) is 0 Å². The Morgan fingerprint density at radius 3 is 1.59 bits per heavy atom. The van der Waals surface area contributed by atoms with Crippen LogP contribution in [-0.4, -0.2) is 16.0 Å². The van der Waals surface area contributed by atoms with Crippen molar-refractivity contribution < 1.29 is 10.2 Å². The SMILES string of the molecule is CCCCCCCCCCCCCCCSc1cc(O)c(C(C)(C)CC(C)(C)C)cc1O. The molecular formula is C29H52O2S. The maximum Gasteiger partial charge on any atom is 0.129 e. The molecular weight excluding hydrogens is 412 g/mol. The lowest BCUT2D eigenvalue weighted by molar-refractivity contribution is 0.277. The van der Waals surface area contributed by atoms with E-state index in [9.17, 15) is 10.2 Å². The van der Waals surface area contributed by atoms with E-state index in [1.165, 1.54) is 83.5 Å². The van der Waals surface area contributed by atoms with Crippen molar-refractivity contribution in [2.24, 2.45) is 5.41 Å². The second kappa shape index (κ2) is 15.1. The van der Waals surface area contributed by atoms with Gasteiger partial charge in [-0.25, -0.2) is 0 Å². The molecule has 0 heterocycles.